The molecule has 1 aliphatic rings. The molecule has 1 heterocycles. The molecular weight excluding hydrogens is 362 g/mol. The number of carbonyl (C=O) groups is 2. The van der Waals surface area contributed by atoms with Crippen LogP contribution in [0.25, 0.3) is 6.08 Å². The lowest BCUT2D eigenvalue weighted by Gasteiger charge is -2.13. The maximum atomic E-state index is 12.5. The third kappa shape index (κ3) is 4.73. The highest BCUT2D eigenvalue weighted by Gasteiger charge is 2.34. The third-order valence-corrected chi connectivity index (χ3v) is 4.73. The van der Waals surface area contributed by atoms with Crippen LogP contribution in [0, 0.1) is 0 Å². The SMILES string of the molecule is CCCOC(=O)CN1C(=O)/C(=C/c2ccc(OC)cc2OC)SC1=S. The summed E-state index contributed by atoms with van der Waals surface area (Å²) in [5.74, 6) is 0.440. The van der Waals surface area contributed by atoms with Crippen LogP contribution in [0.5, 0.6) is 11.5 Å². The van der Waals surface area contributed by atoms with Crippen molar-refractivity contribution in [1.29, 1.82) is 0 Å². The molecule has 8 heteroatoms. The molecule has 6 nitrogen and oxygen atoms in total. The van der Waals surface area contributed by atoms with E-state index in [2.05, 4.69) is 0 Å². The standard InChI is InChI=1S/C17H19NO5S2/c1-4-7-23-15(19)10-18-16(20)14(25-17(18)24)8-11-5-6-12(21-2)9-13(11)22-3/h5-6,8-9H,4,7,10H2,1-3H3/b14-8-. The lowest BCUT2D eigenvalue weighted by atomic mass is 10.1. The number of esters is 1. The van der Waals surface area contributed by atoms with E-state index in [0.717, 1.165) is 23.7 Å². The minimum absolute atomic E-state index is 0.179. The number of amides is 1. The van der Waals surface area contributed by atoms with E-state index in [1.807, 2.05) is 6.92 Å². The summed E-state index contributed by atoms with van der Waals surface area (Å²) in [6.07, 6.45) is 2.41. The average molecular weight is 381 g/mol. The van der Waals surface area contributed by atoms with Gasteiger partial charge in [0, 0.05) is 11.6 Å². The lowest BCUT2D eigenvalue weighted by molar-refractivity contribution is -0.146. The average Bonchev–Trinajstić information content (AvgIpc) is 2.87. The summed E-state index contributed by atoms with van der Waals surface area (Å²) in [5.41, 5.74) is 0.720. The Hall–Kier alpha value is -2.06. The lowest BCUT2D eigenvalue weighted by Crippen LogP contribution is -2.34. The fourth-order valence-electron chi connectivity index (χ4n) is 2.11. The molecule has 1 amide bonds. The fraction of sp³-hybridized carbons (Fsp3) is 0.353. The van der Waals surface area contributed by atoms with Crippen LogP contribution >= 0.6 is 24.0 Å². The van der Waals surface area contributed by atoms with Gasteiger partial charge in [-0.05, 0) is 24.6 Å². The molecule has 25 heavy (non-hydrogen) atoms. The van der Waals surface area contributed by atoms with Crippen molar-refractivity contribution >= 4 is 46.3 Å². The first-order chi connectivity index (χ1) is 12.0. The quantitative estimate of drug-likeness (QED) is 0.409. The number of rotatable bonds is 7. The van der Waals surface area contributed by atoms with Gasteiger partial charge < -0.3 is 14.2 Å². The maximum absolute atomic E-state index is 12.5. The van der Waals surface area contributed by atoms with Crippen LogP contribution < -0.4 is 9.47 Å². The topological polar surface area (TPSA) is 65.1 Å². The van der Waals surface area contributed by atoms with Gasteiger partial charge in [-0.1, -0.05) is 30.9 Å². The molecule has 1 aromatic carbocycles. The smallest absolute Gasteiger partial charge is 0.326 e. The summed E-state index contributed by atoms with van der Waals surface area (Å²) in [4.78, 5) is 26.0. The normalized spacial score (nSPS) is 15.6. The number of methoxy groups -OCH3 is 2. The number of thioether (sulfide) groups is 1. The second kappa shape index (κ2) is 8.87. The molecule has 0 unspecified atom stereocenters. The van der Waals surface area contributed by atoms with Crippen LogP contribution in [0.15, 0.2) is 23.1 Å². The molecule has 1 fully saturated rings. The number of carbonyl (C=O) groups excluding carboxylic acids is 2. The minimum atomic E-state index is -0.471. The predicted molar refractivity (Wildman–Crippen MR) is 101 cm³/mol. The van der Waals surface area contributed by atoms with Gasteiger partial charge in [0.15, 0.2) is 0 Å². The van der Waals surface area contributed by atoms with Crippen LogP contribution in [0.4, 0.5) is 0 Å². The van der Waals surface area contributed by atoms with Crippen molar-refractivity contribution in [3.63, 3.8) is 0 Å². The second-order valence-electron chi connectivity index (χ2n) is 5.10. The van der Waals surface area contributed by atoms with E-state index in [1.54, 1.807) is 38.5 Å². The zero-order valence-electron chi connectivity index (χ0n) is 14.2. The summed E-state index contributed by atoms with van der Waals surface area (Å²) in [6, 6.07) is 5.30. The fourth-order valence-corrected chi connectivity index (χ4v) is 3.35. The van der Waals surface area contributed by atoms with Crippen molar-refractivity contribution in [3.8, 4) is 11.5 Å². The molecular formula is C17H19NO5S2. The van der Waals surface area contributed by atoms with Crippen LogP contribution in [-0.2, 0) is 14.3 Å². The zero-order valence-corrected chi connectivity index (χ0v) is 15.9. The summed E-state index contributed by atoms with van der Waals surface area (Å²) >= 11 is 6.36. The highest BCUT2D eigenvalue weighted by atomic mass is 32.2. The van der Waals surface area contributed by atoms with Crippen molar-refractivity contribution in [2.24, 2.45) is 0 Å². The second-order valence-corrected chi connectivity index (χ2v) is 6.77. The van der Waals surface area contributed by atoms with Crippen molar-refractivity contribution in [1.82, 2.24) is 4.90 Å². The van der Waals surface area contributed by atoms with Crippen LogP contribution in [0.3, 0.4) is 0 Å². The third-order valence-electron chi connectivity index (χ3n) is 3.36. The summed E-state index contributed by atoms with van der Waals surface area (Å²) in [5, 5.41) is 0. The van der Waals surface area contributed by atoms with Gasteiger partial charge >= 0.3 is 5.97 Å². The van der Waals surface area contributed by atoms with E-state index < -0.39 is 5.97 Å². The first kappa shape index (κ1) is 19.3. The molecule has 0 aromatic heterocycles. The van der Waals surface area contributed by atoms with E-state index >= 15 is 0 Å². The van der Waals surface area contributed by atoms with Gasteiger partial charge in [0.25, 0.3) is 5.91 Å². The zero-order chi connectivity index (χ0) is 18.4. The Balaban J connectivity index is 2.18. The Morgan fingerprint density at radius 2 is 2.08 bits per heavy atom. The molecule has 0 aliphatic carbocycles. The van der Waals surface area contributed by atoms with Gasteiger partial charge in [0.2, 0.25) is 0 Å². The molecule has 1 aliphatic heterocycles. The van der Waals surface area contributed by atoms with E-state index in [0.29, 0.717) is 27.3 Å². The van der Waals surface area contributed by atoms with Gasteiger partial charge in [-0.2, -0.15) is 0 Å². The van der Waals surface area contributed by atoms with Gasteiger partial charge in [0.05, 0.1) is 25.7 Å². The Kier molecular flexibility index (Phi) is 6.83. The molecule has 0 atom stereocenters. The van der Waals surface area contributed by atoms with Crippen molar-refractivity contribution in [2.45, 2.75) is 13.3 Å². The largest absolute Gasteiger partial charge is 0.497 e. The number of hydrogen-bond donors (Lipinski definition) is 0. The Labute approximate surface area is 156 Å². The molecule has 1 saturated heterocycles. The minimum Gasteiger partial charge on any atom is -0.497 e. The van der Waals surface area contributed by atoms with Gasteiger partial charge in [-0.25, -0.2) is 0 Å². The number of hydrogen-bond acceptors (Lipinski definition) is 7. The van der Waals surface area contributed by atoms with Gasteiger partial charge in [0.1, 0.15) is 22.4 Å². The van der Waals surface area contributed by atoms with Crippen LogP contribution in [0.2, 0.25) is 0 Å². The molecule has 1 aromatic rings. The molecule has 0 saturated carbocycles. The Bertz CT molecular complexity index is 717. The highest BCUT2D eigenvalue weighted by Crippen LogP contribution is 2.35. The van der Waals surface area contributed by atoms with E-state index in [9.17, 15) is 9.59 Å². The maximum Gasteiger partial charge on any atom is 0.326 e. The molecule has 0 N–H and O–H groups in total. The first-order valence-electron chi connectivity index (χ1n) is 7.63. The van der Waals surface area contributed by atoms with Gasteiger partial charge in [-0.3, -0.25) is 14.5 Å². The van der Waals surface area contributed by atoms with Crippen LogP contribution in [0.1, 0.15) is 18.9 Å². The monoisotopic (exact) mass is 381 g/mol. The Morgan fingerprint density at radius 1 is 1.32 bits per heavy atom. The predicted octanol–water partition coefficient (Wildman–Crippen LogP) is 2.86. The number of nitrogens with zero attached hydrogens (tertiary/aromatic N) is 1. The summed E-state index contributed by atoms with van der Waals surface area (Å²) < 4.78 is 15.8. The van der Waals surface area contributed by atoms with Crippen molar-refractivity contribution in [2.75, 3.05) is 27.4 Å². The molecule has 134 valence electrons. The molecule has 0 bridgehead atoms. The number of thiocarbonyl (C=S) groups is 1. The molecule has 0 radical (unpaired) electrons. The van der Waals surface area contributed by atoms with E-state index in [4.69, 9.17) is 26.4 Å². The molecule has 0 spiro atoms. The van der Waals surface area contributed by atoms with Crippen molar-refractivity contribution in [3.05, 3.63) is 28.7 Å². The highest BCUT2D eigenvalue weighted by molar-refractivity contribution is 8.26. The summed E-state index contributed by atoms with van der Waals surface area (Å²) in [6.45, 7) is 2.05. The number of benzene rings is 1. The molecule has 2 rings (SSSR count). The van der Waals surface area contributed by atoms with Crippen molar-refractivity contribution < 1.29 is 23.8 Å². The Morgan fingerprint density at radius 3 is 2.72 bits per heavy atom. The first-order valence-corrected chi connectivity index (χ1v) is 8.85. The number of ether oxygens (including phenoxy) is 3. The van der Waals surface area contributed by atoms with Crippen LogP contribution in [-0.4, -0.2) is 48.5 Å². The van der Waals surface area contributed by atoms with E-state index in [-0.39, 0.29) is 12.5 Å². The van der Waals surface area contributed by atoms with Gasteiger partial charge in [-0.15, -0.1) is 0 Å². The summed E-state index contributed by atoms with van der Waals surface area (Å²) in [7, 11) is 3.11. The van der Waals surface area contributed by atoms with E-state index in [1.165, 1.54) is 4.90 Å².